The van der Waals surface area contributed by atoms with Crippen molar-refractivity contribution in [2.75, 3.05) is 31.9 Å². The number of pyridine rings is 1. The van der Waals surface area contributed by atoms with Crippen molar-refractivity contribution in [2.45, 2.75) is 19.4 Å². The van der Waals surface area contributed by atoms with Crippen molar-refractivity contribution in [3.05, 3.63) is 42.2 Å². The topological polar surface area (TPSA) is 49.9 Å². The van der Waals surface area contributed by atoms with Crippen molar-refractivity contribution in [2.24, 2.45) is 0 Å². The molecule has 3 heterocycles. The Bertz CT molecular complexity index is 899. The van der Waals surface area contributed by atoms with Gasteiger partial charge in [0.15, 0.2) is 0 Å². The average molecular weight is 353 g/mol. The highest BCUT2D eigenvalue weighted by Crippen LogP contribution is 2.33. The second-order valence-electron chi connectivity index (χ2n) is 6.79. The fourth-order valence-electron chi connectivity index (χ4n) is 3.25. The number of ether oxygens (including phenoxy) is 1. The summed E-state index contributed by atoms with van der Waals surface area (Å²) in [4.78, 5) is 7.87. The van der Waals surface area contributed by atoms with Crippen molar-refractivity contribution >= 4 is 29.9 Å². The quantitative estimate of drug-likeness (QED) is 0.683. The number of benzene rings is 1. The summed E-state index contributed by atoms with van der Waals surface area (Å²) < 4.78 is 5.29. The number of fused-ring (bicyclic) bond motifs is 1. The highest BCUT2D eigenvalue weighted by Gasteiger charge is 2.20. The van der Waals surface area contributed by atoms with Crippen LogP contribution in [-0.2, 0) is 11.2 Å². The number of anilines is 1. The summed E-state index contributed by atoms with van der Waals surface area (Å²) in [7, 11) is -0.199. The molecule has 1 saturated heterocycles. The monoisotopic (exact) mass is 353 g/mol. The number of nitrogens with one attached hydrogen (secondary N) is 2. The highest BCUT2D eigenvalue weighted by molar-refractivity contribution is 7.64. The Labute approximate surface area is 149 Å². The van der Waals surface area contributed by atoms with Gasteiger partial charge in [-0.25, -0.2) is 4.98 Å². The van der Waals surface area contributed by atoms with Crippen LogP contribution < -0.4 is 10.6 Å². The van der Waals surface area contributed by atoms with Gasteiger partial charge in [-0.3, -0.25) is 0 Å². The van der Waals surface area contributed by atoms with Crippen LogP contribution >= 0.6 is 7.92 Å². The number of aromatic amines is 1. The lowest BCUT2D eigenvalue weighted by atomic mass is 10.0. The first-order valence-electron chi connectivity index (χ1n) is 8.77. The zero-order chi connectivity index (χ0) is 17.4. The van der Waals surface area contributed by atoms with Crippen molar-refractivity contribution in [1.29, 1.82) is 0 Å². The summed E-state index contributed by atoms with van der Waals surface area (Å²) in [5.74, 6) is 0. The second kappa shape index (κ2) is 6.78. The minimum absolute atomic E-state index is 0.199. The third kappa shape index (κ3) is 3.17. The van der Waals surface area contributed by atoms with Gasteiger partial charge < -0.3 is 15.0 Å². The molecule has 3 aromatic rings. The van der Waals surface area contributed by atoms with Gasteiger partial charge in [0.2, 0.25) is 0 Å². The number of nitrogens with zero attached hydrogens (tertiary/aromatic N) is 1. The van der Waals surface area contributed by atoms with Gasteiger partial charge in [-0.2, -0.15) is 0 Å². The normalized spacial score (nSPS) is 14.9. The van der Waals surface area contributed by atoms with Crippen molar-refractivity contribution in [3.63, 3.8) is 0 Å². The Balaban J connectivity index is 1.73. The number of hydrogen-bond acceptors (Lipinski definition) is 3. The molecular weight excluding hydrogens is 329 g/mol. The number of rotatable bonds is 5. The van der Waals surface area contributed by atoms with Crippen LogP contribution in [-0.4, -0.2) is 42.6 Å². The summed E-state index contributed by atoms with van der Waals surface area (Å²) >= 11 is 0. The Hall–Kier alpha value is -1.90. The Morgan fingerprint density at radius 2 is 2.08 bits per heavy atom. The first kappa shape index (κ1) is 16.6. The Morgan fingerprint density at radius 3 is 2.76 bits per heavy atom. The molecule has 0 bridgehead atoms. The van der Waals surface area contributed by atoms with Crippen LogP contribution in [0.4, 0.5) is 5.69 Å². The van der Waals surface area contributed by atoms with Gasteiger partial charge in [0, 0.05) is 29.0 Å². The fourth-order valence-corrected chi connectivity index (χ4v) is 4.27. The number of hydrogen-bond donors (Lipinski definition) is 2. The van der Waals surface area contributed by atoms with Crippen molar-refractivity contribution in [1.82, 2.24) is 9.97 Å². The third-order valence-electron chi connectivity index (χ3n) is 4.81. The first-order valence-corrected chi connectivity index (χ1v) is 11.0. The molecule has 2 N–H and O–H groups in total. The lowest BCUT2D eigenvalue weighted by molar-refractivity contribution is 0.0211. The fraction of sp³-hybridized carbons (Fsp3) is 0.350. The molecule has 130 valence electrons. The average Bonchev–Trinajstić information content (AvgIpc) is 3.00. The molecule has 1 aromatic carbocycles. The molecule has 0 unspecified atom stereocenters. The van der Waals surface area contributed by atoms with E-state index in [1.54, 1.807) is 0 Å². The van der Waals surface area contributed by atoms with Gasteiger partial charge in [-0.1, -0.05) is 20.9 Å². The van der Waals surface area contributed by atoms with Crippen LogP contribution in [0.1, 0.15) is 12.5 Å². The summed E-state index contributed by atoms with van der Waals surface area (Å²) in [6.07, 6.45) is 5.05. The SMILES string of the molecule is CCc1c[nH]c2ncc(-c3ccc(NC4COC4)c(P(C)C)c3)cc12. The number of aryl methyl sites for hydroxylation is 1. The minimum atomic E-state index is -0.199. The predicted molar refractivity (Wildman–Crippen MR) is 108 cm³/mol. The Morgan fingerprint density at radius 1 is 1.24 bits per heavy atom. The maximum atomic E-state index is 5.29. The van der Waals surface area contributed by atoms with Crippen LogP contribution in [0.2, 0.25) is 0 Å². The molecule has 0 radical (unpaired) electrons. The zero-order valence-electron chi connectivity index (χ0n) is 15.0. The van der Waals surface area contributed by atoms with Crippen LogP contribution in [0, 0.1) is 0 Å². The van der Waals surface area contributed by atoms with E-state index in [9.17, 15) is 0 Å². The molecular formula is C20H24N3OP. The van der Waals surface area contributed by atoms with Gasteiger partial charge in [0.1, 0.15) is 5.65 Å². The molecule has 1 fully saturated rings. The minimum Gasteiger partial charge on any atom is -0.377 e. The molecule has 0 aliphatic carbocycles. The smallest absolute Gasteiger partial charge is 0.137 e. The third-order valence-corrected chi connectivity index (χ3v) is 6.14. The Kier molecular flexibility index (Phi) is 4.49. The van der Waals surface area contributed by atoms with E-state index < -0.39 is 0 Å². The summed E-state index contributed by atoms with van der Waals surface area (Å²) in [5.41, 5.74) is 5.95. The van der Waals surface area contributed by atoms with Gasteiger partial charge in [-0.15, -0.1) is 0 Å². The molecule has 5 heteroatoms. The molecule has 0 atom stereocenters. The largest absolute Gasteiger partial charge is 0.377 e. The van der Waals surface area contributed by atoms with Crippen molar-refractivity contribution < 1.29 is 4.74 Å². The van der Waals surface area contributed by atoms with Crippen molar-refractivity contribution in [3.8, 4) is 11.1 Å². The van der Waals surface area contributed by atoms with E-state index in [1.807, 2.05) is 6.20 Å². The van der Waals surface area contributed by atoms with Gasteiger partial charge in [-0.05, 0) is 54.4 Å². The van der Waals surface area contributed by atoms with Crippen LogP contribution in [0.25, 0.3) is 22.2 Å². The van der Waals surface area contributed by atoms with Crippen LogP contribution in [0.15, 0.2) is 36.7 Å². The number of aromatic nitrogens is 2. The first-order chi connectivity index (χ1) is 12.2. The molecule has 0 spiro atoms. The highest BCUT2D eigenvalue weighted by atomic mass is 31.1. The van der Waals surface area contributed by atoms with E-state index in [4.69, 9.17) is 4.74 Å². The lowest BCUT2D eigenvalue weighted by Gasteiger charge is -2.29. The summed E-state index contributed by atoms with van der Waals surface area (Å²) in [6, 6.07) is 9.45. The zero-order valence-corrected chi connectivity index (χ0v) is 15.9. The number of H-pyrrole nitrogens is 1. The van der Waals surface area contributed by atoms with E-state index >= 15 is 0 Å². The second-order valence-corrected chi connectivity index (χ2v) is 9.06. The maximum absolute atomic E-state index is 5.29. The standard InChI is InChI=1S/C20H24N3OP/c1-4-13-9-21-20-17(13)7-15(10-22-20)14-5-6-18(19(8-14)25(2)3)23-16-11-24-12-16/h5-10,16,23H,4,11-12H2,1-3H3,(H,21,22). The van der Waals surface area contributed by atoms with E-state index in [1.165, 1.54) is 33.1 Å². The predicted octanol–water partition coefficient (Wildman–Crippen LogP) is 3.97. The molecule has 1 aliphatic heterocycles. The van der Waals surface area contributed by atoms with Crippen LogP contribution in [0.3, 0.4) is 0 Å². The molecule has 2 aromatic heterocycles. The van der Waals surface area contributed by atoms with E-state index in [-0.39, 0.29) is 7.92 Å². The summed E-state index contributed by atoms with van der Waals surface area (Å²) in [6.45, 7) is 8.40. The molecule has 1 aliphatic rings. The molecule has 4 rings (SSSR count). The molecule has 4 nitrogen and oxygen atoms in total. The van der Waals surface area contributed by atoms with Gasteiger partial charge >= 0.3 is 0 Å². The van der Waals surface area contributed by atoms with Gasteiger partial charge in [0.05, 0.1) is 19.3 Å². The van der Waals surface area contributed by atoms with Crippen LogP contribution in [0.5, 0.6) is 0 Å². The lowest BCUT2D eigenvalue weighted by Crippen LogP contribution is -2.41. The molecule has 25 heavy (non-hydrogen) atoms. The van der Waals surface area contributed by atoms with Gasteiger partial charge in [0.25, 0.3) is 0 Å². The van der Waals surface area contributed by atoms with E-state index in [0.29, 0.717) is 6.04 Å². The van der Waals surface area contributed by atoms with E-state index in [0.717, 1.165) is 25.3 Å². The maximum Gasteiger partial charge on any atom is 0.137 e. The van der Waals surface area contributed by atoms with E-state index in [2.05, 4.69) is 66.0 Å². The summed E-state index contributed by atoms with van der Waals surface area (Å²) in [5, 5.41) is 6.26. The molecule has 0 amide bonds. The molecule has 0 saturated carbocycles.